The molecule has 0 saturated carbocycles. The molecule has 10 atom stereocenters. The lowest BCUT2D eigenvalue weighted by Gasteiger charge is -2.28. The number of carbonyl (C=O) groups excluding carboxylic acids is 7. The van der Waals surface area contributed by atoms with Crippen molar-refractivity contribution in [1.82, 2.24) is 36.8 Å². The van der Waals surface area contributed by atoms with Crippen LogP contribution in [0.15, 0.2) is 83.4 Å². The molecule has 0 aliphatic carbocycles. The van der Waals surface area contributed by atoms with Gasteiger partial charge in [-0.1, -0.05) is 80.1 Å². The van der Waals surface area contributed by atoms with E-state index in [1.807, 2.05) is 43.3 Å². The molecule has 14 N–H and O–H groups in total. The van der Waals surface area contributed by atoms with Gasteiger partial charge in [-0.15, -0.1) is 0 Å². The van der Waals surface area contributed by atoms with Crippen LogP contribution in [0.1, 0.15) is 77.3 Å². The van der Waals surface area contributed by atoms with E-state index < -0.39 is 127 Å². The number of unbranched alkanes of at least 4 members (excludes halogenated alkanes) is 1. The minimum absolute atomic E-state index is 0.0644. The number of methoxy groups -OCH3 is 1. The number of amides is 7. The first-order valence-electron chi connectivity index (χ1n) is 24.8. The number of nitrogens with two attached hydrogens (primary N) is 2. The summed E-state index contributed by atoms with van der Waals surface area (Å²) in [6, 6.07) is 4.41. The van der Waals surface area contributed by atoms with E-state index in [0.29, 0.717) is 24.0 Å². The van der Waals surface area contributed by atoms with Crippen LogP contribution < -0.4 is 43.4 Å². The smallest absolute Gasteiger partial charge is 0.326 e. The number of aromatic hydroxyl groups is 1. The fourth-order valence-corrected chi connectivity index (χ4v) is 8.09. The van der Waals surface area contributed by atoms with Gasteiger partial charge >= 0.3 is 11.9 Å². The molecule has 3 rings (SSSR count). The average molecular weight is 1060 g/mol. The number of allylic oxidation sites excluding steroid dienone is 2. The summed E-state index contributed by atoms with van der Waals surface area (Å²) in [7, 11) is 2.77. The van der Waals surface area contributed by atoms with Crippen LogP contribution in [0.5, 0.6) is 5.75 Å². The molecule has 2 aromatic rings. The van der Waals surface area contributed by atoms with Gasteiger partial charge in [-0.3, -0.25) is 38.6 Å². The van der Waals surface area contributed by atoms with Gasteiger partial charge in [0.15, 0.2) is 5.96 Å². The van der Waals surface area contributed by atoms with Crippen molar-refractivity contribution in [3.8, 4) is 5.75 Å². The second kappa shape index (κ2) is 31.1. The lowest BCUT2D eigenvalue weighted by atomic mass is 9.94. The van der Waals surface area contributed by atoms with E-state index in [2.05, 4.69) is 36.9 Å². The number of nitrogens with one attached hydrogen (secondary N) is 6. The van der Waals surface area contributed by atoms with E-state index in [9.17, 15) is 63.6 Å². The Bertz CT molecular complexity index is 2410. The first kappa shape index (κ1) is 62.4. The summed E-state index contributed by atoms with van der Waals surface area (Å²) in [5.74, 6) is -11.4. The third-order valence-electron chi connectivity index (χ3n) is 12.7. The number of phenolic OH excluding ortho intramolecular Hbond substituents is 1. The van der Waals surface area contributed by atoms with E-state index in [1.54, 1.807) is 20.1 Å². The van der Waals surface area contributed by atoms with Crippen molar-refractivity contribution >= 4 is 59.2 Å². The topological polar surface area (TPSA) is 384 Å². The SMILES string of the molecule is CO[C@@H](Cc1ccccc1)[C@@H](C)/C=C(C)/C=C/[C@@H]1NC(=O)[C@H](CCCCN=C(N)N)NC(=O)C[C@H](C(=O)O)NC(=O)[C@H](Cc2ccc(O)cc2)NC(=O)[C@@H](C)NC(=O)[C@H](CO)N(C)C(=O)CC[C@H](C(=O)O)NC(=O)[C@H]1C. The zero-order chi connectivity index (χ0) is 56.6. The van der Waals surface area contributed by atoms with Crippen molar-refractivity contribution in [3.63, 3.8) is 0 Å². The summed E-state index contributed by atoms with van der Waals surface area (Å²) in [6.07, 6.45) is 3.72. The molecule has 1 aliphatic rings. The van der Waals surface area contributed by atoms with Gasteiger partial charge in [-0.05, 0) is 69.2 Å². The molecule has 7 amide bonds. The van der Waals surface area contributed by atoms with Crippen molar-refractivity contribution in [2.75, 3.05) is 27.3 Å². The number of hydrogen-bond donors (Lipinski definition) is 12. The molecule has 1 saturated heterocycles. The standard InChI is InChI=1S/C52H74N10O14/c1-29(24-30(2)42(76-6)26-33-12-8-7-9-13-33)15-20-36-31(3)45(67)59-38(50(72)73)21-22-44(66)62(5)41(28-63)49(71)56-32(4)46(68)60-39(25-34-16-18-35(64)19-17-34)48(70)61-40(51(74)75)27-43(65)57-37(47(69)58-36)14-10-11-23-55-52(53)54/h7-9,12-13,15-20,24,30-32,36-42,63-64H,10-11,14,21-23,25-28H2,1-6H3,(H,56,71)(H,57,65)(H,58,69)(H,59,67)(H,60,68)(H,61,70)(H,72,73)(H,74,75)(H4,53,54,55)/b20-15+,29-24+/t30-,31-,32+,36-,37-,38+,39-,40+,41-,42-/m0/s1. The van der Waals surface area contributed by atoms with Crippen LogP contribution in [-0.4, -0.2) is 160 Å². The summed E-state index contributed by atoms with van der Waals surface area (Å²) in [4.78, 5) is 127. The van der Waals surface area contributed by atoms with Gasteiger partial charge in [0.2, 0.25) is 41.4 Å². The van der Waals surface area contributed by atoms with Crippen molar-refractivity contribution in [3.05, 3.63) is 89.5 Å². The number of rotatable bonds is 17. The number of hydrogen-bond acceptors (Lipinski definition) is 13. The van der Waals surface area contributed by atoms with Gasteiger partial charge in [0.05, 0.1) is 31.1 Å². The van der Waals surface area contributed by atoms with Crippen LogP contribution in [0.4, 0.5) is 0 Å². The maximum Gasteiger partial charge on any atom is 0.326 e. The predicted octanol–water partition coefficient (Wildman–Crippen LogP) is -0.488. The highest BCUT2D eigenvalue weighted by Gasteiger charge is 2.35. The molecule has 24 heteroatoms. The molecule has 24 nitrogen and oxygen atoms in total. The van der Waals surface area contributed by atoms with Crippen LogP contribution in [-0.2, 0) is 60.7 Å². The summed E-state index contributed by atoms with van der Waals surface area (Å²) in [6.45, 7) is 5.61. The van der Waals surface area contributed by atoms with E-state index in [-0.39, 0.29) is 49.5 Å². The molecule has 416 valence electrons. The highest BCUT2D eigenvalue weighted by Crippen LogP contribution is 2.19. The summed E-state index contributed by atoms with van der Waals surface area (Å²) >= 11 is 0. The minimum Gasteiger partial charge on any atom is -0.508 e. The first-order chi connectivity index (χ1) is 35.9. The Balaban J connectivity index is 2.13. The molecule has 76 heavy (non-hydrogen) atoms. The van der Waals surface area contributed by atoms with Crippen LogP contribution in [0, 0.1) is 11.8 Å². The number of aliphatic hydroxyl groups is 1. The van der Waals surface area contributed by atoms with E-state index in [1.165, 1.54) is 51.2 Å². The number of carboxylic acids is 2. The predicted molar refractivity (Wildman–Crippen MR) is 279 cm³/mol. The normalized spacial score (nSPS) is 24.3. The van der Waals surface area contributed by atoms with E-state index in [4.69, 9.17) is 16.2 Å². The molecule has 0 radical (unpaired) electrons. The molecule has 1 fully saturated rings. The molecule has 0 unspecified atom stereocenters. The largest absolute Gasteiger partial charge is 0.508 e. The highest BCUT2D eigenvalue weighted by atomic mass is 16.5. The quantitative estimate of drug-likeness (QED) is 0.0412. The van der Waals surface area contributed by atoms with Crippen LogP contribution in [0.25, 0.3) is 0 Å². The maximum atomic E-state index is 14.4. The number of ether oxygens (including phenoxy) is 1. The number of aliphatic imine (C=N–C) groups is 1. The van der Waals surface area contributed by atoms with Gasteiger partial charge in [0.1, 0.15) is 42.0 Å². The van der Waals surface area contributed by atoms with Crippen molar-refractivity contribution in [1.29, 1.82) is 0 Å². The maximum absolute atomic E-state index is 14.4. The van der Waals surface area contributed by atoms with Crippen molar-refractivity contribution < 1.29 is 68.3 Å². The molecule has 2 aromatic carbocycles. The average Bonchev–Trinajstić information content (AvgIpc) is 3.37. The van der Waals surface area contributed by atoms with Crippen LogP contribution in [0.3, 0.4) is 0 Å². The Morgan fingerprint density at radius 1 is 0.803 bits per heavy atom. The van der Waals surface area contributed by atoms with Crippen molar-refractivity contribution in [2.45, 2.75) is 127 Å². The Labute approximate surface area is 441 Å². The summed E-state index contributed by atoms with van der Waals surface area (Å²) in [5.41, 5.74) is 13.1. The lowest BCUT2D eigenvalue weighted by molar-refractivity contribution is -0.144. The summed E-state index contributed by atoms with van der Waals surface area (Å²) in [5, 5.41) is 55.4. The Kier molecular flexibility index (Phi) is 25.6. The molecule has 0 aromatic heterocycles. The zero-order valence-electron chi connectivity index (χ0n) is 43.7. The number of nitrogens with zero attached hydrogens (tertiary/aromatic N) is 2. The molecule has 1 aliphatic heterocycles. The van der Waals surface area contributed by atoms with Crippen LogP contribution >= 0.6 is 0 Å². The number of guanidine groups is 1. The highest BCUT2D eigenvalue weighted by molar-refractivity contribution is 5.96. The zero-order valence-corrected chi connectivity index (χ0v) is 43.7. The van der Waals surface area contributed by atoms with Gasteiger partial charge in [0.25, 0.3) is 0 Å². The second-order valence-corrected chi connectivity index (χ2v) is 18.7. The van der Waals surface area contributed by atoms with Gasteiger partial charge in [-0.2, -0.15) is 0 Å². The van der Waals surface area contributed by atoms with Gasteiger partial charge in [-0.25, -0.2) is 9.59 Å². The third-order valence-corrected chi connectivity index (χ3v) is 12.7. The van der Waals surface area contributed by atoms with Crippen molar-refractivity contribution in [2.24, 2.45) is 28.3 Å². The Morgan fingerprint density at radius 2 is 1.43 bits per heavy atom. The second-order valence-electron chi connectivity index (χ2n) is 18.7. The molecule has 0 spiro atoms. The third kappa shape index (κ3) is 20.8. The van der Waals surface area contributed by atoms with E-state index >= 15 is 0 Å². The molecule has 0 bridgehead atoms. The number of carboxylic acid groups (broad SMARTS) is 2. The van der Waals surface area contributed by atoms with Gasteiger partial charge < -0.3 is 73.4 Å². The Hall–Kier alpha value is -7.86. The fourth-order valence-electron chi connectivity index (χ4n) is 8.09. The van der Waals surface area contributed by atoms with Gasteiger partial charge in [0, 0.05) is 39.5 Å². The number of carbonyl (C=O) groups is 9. The minimum atomic E-state index is -1.94. The lowest BCUT2D eigenvalue weighted by Crippen LogP contribution is -2.58. The molecule has 1 heterocycles. The Morgan fingerprint density at radius 3 is 2.04 bits per heavy atom. The monoisotopic (exact) mass is 1060 g/mol. The number of aliphatic hydroxyl groups excluding tert-OH is 1. The number of likely N-dealkylation sites (N-methyl/N-ethyl adjacent to an activating group) is 1. The molecular formula is C52H74N10O14. The van der Waals surface area contributed by atoms with Crippen LogP contribution in [0.2, 0.25) is 0 Å². The number of benzene rings is 2. The fraction of sp³-hybridized carbons (Fsp3) is 0.500. The first-order valence-corrected chi connectivity index (χ1v) is 24.8. The summed E-state index contributed by atoms with van der Waals surface area (Å²) < 4.78 is 5.82. The number of phenols is 1. The van der Waals surface area contributed by atoms with E-state index in [0.717, 1.165) is 10.5 Å². The number of aliphatic carboxylic acids is 2. The molecular weight excluding hydrogens is 989 g/mol.